The third kappa shape index (κ3) is 5.44. The van der Waals surface area contributed by atoms with Crippen molar-refractivity contribution in [1.82, 2.24) is 29.2 Å². The number of ether oxygens (including phenoxy) is 2. The van der Waals surface area contributed by atoms with E-state index in [0.29, 0.717) is 25.6 Å². The van der Waals surface area contributed by atoms with E-state index < -0.39 is 13.7 Å². The molecule has 0 saturated heterocycles. The largest absolute Gasteiger partial charge is 0.444 e. The van der Waals surface area contributed by atoms with E-state index in [0.717, 1.165) is 41.4 Å². The third-order valence-corrected chi connectivity index (χ3v) is 7.27. The fourth-order valence-electron chi connectivity index (χ4n) is 3.77. The topological polar surface area (TPSA) is 87.3 Å². The summed E-state index contributed by atoms with van der Waals surface area (Å²) in [6.07, 6.45) is 5.82. The Morgan fingerprint density at radius 3 is 2.73 bits per heavy atom. The monoisotopic (exact) mass is 470 g/mol. The average molecular weight is 471 g/mol. The minimum Gasteiger partial charge on any atom is -0.444 e. The molecule has 0 aromatic carbocycles. The van der Waals surface area contributed by atoms with Gasteiger partial charge in [-0.15, -0.1) is 0 Å². The van der Waals surface area contributed by atoms with Crippen LogP contribution in [0.1, 0.15) is 32.0 Å². The van der Waals surface area contributed by atoms with Gasteiger partial charge < -0.3 is 18.9 Å². The number of hydrogen-bond acceptors (Lipinski definition) is 6. The zero-order valence-corrected chi connectivity index (χ0v) is 21.5. The molecule has 0 atom stereocenters. The van der Waals surface area contributed by atoms with Gasteiger partial charge >= 0.3 is 6.09 Å². The van der Waals surface area contributed by atoms with E-state index in [1.54, 1.807) is 11.2 Å². The van der Waals surface area contributed by atoms with Crippen LogP contribution in [0, 0.1) is 0 Å². The summed E-state index contributed by atoms with van der Waals surface area (Å²) >= 11 is 0. The van der Waals surface area contributed by atoms with Gasteiger partial charge in [0, 0.05) is 27.4 Å². The molecule has 0 N–H and O–H groups in total. The highest BCUT2D eigenvalue weighted by molar-refractivity contribution is 6.76. The smallest absolute Gasteiger partial charge is 0.410 e. The lowest BCUT2D eigenvalue weighted by Gasteiger charge is -2.30. The first-order valence-electron chi connectivity index (χ1n) is 11.4. The van der Waals surface area contributed by atoms with Crippen LogP contribution in [0.25, 0.3) is 16.9 Å². The normalized spacial score (nSPS) is 14.5. The second-order valence-corrected chi connectivity index (χ2v) is 16.4. The molecule has 0 saturated carbocycles. The van der Waals surface area contributed by atoms with E-state index in [2.05, 4.69) is 34.7 Å². The maximum Gasteiger partial charge on any atom is 0.410 e. The van der Waals surface area contributed by atoms with E-state index in [4.69, 9.17) is 9.47 Å². The van der Waals surface area contributed by atoms with Gasteiger partial charge in [0.25, 0.3) is 0 Å². The maximum absolute atomic E-state index is 12.6. The summed E-state index contributed by atoms with van der Waals surface area (Å²) in [4.78, 5) is 23.4. The van der Waals surface area contributed by atoms with Crippen LogP contribution in [0.2, 0.25) is 25.7 Å². The predicted octanol–water partition coefficient (Wildman–Crippen LogP) is 4.22. The van der Waals surface area contributed by atoms with Crippen LogP contribution in [0.15, 0.2) is 24.8 Å². The number of nitrogens with zero attached hydrogens (tertiary/aromatic N) is 6. The lowest BCUT2D eigenvalue weighted by Crippen LogP contribution is -2.40. The molecule has 4 heterocycles. The Hall–Kier alpha value is -2.72. The molecule has 1 aliphatic rings. The van der Waals surface area contributed by atoms with Crippen molar-refractivity contribution in [3.05, 3.63) is 36.0 Å². The Balaban J connectivity index is 1.56. The highest BCUT2D eigenvalue weighted by Gasteiger charge is 2.29. The number of amides is 1. The fourth-order valence-corrected chi connectivity index (χ4v) is 4.53. The molecule has 1 aliphatic heterocycles. The highest BCUT2D eigenvalue weighted by Crippen LogP contribution is 2.26. The Morgan fingerprint density at radius 2 is 2.00 bits per heavy atom. The summed E-state index contributed by atoms with van der Waals surface area (Å²) in [6.45, 7) is 14.9. The van der Waals surface area contributed by atoms with Gasteiger partial charge in [-0.2, -0.15) is 5.10 Å². The van der Waals surface area contributed by atoms with Crippen LogP contribution in [0.3, 0.4) is 0 Å². The fraction of sp³-hybridized carbons (Fsp3) is 0.565. The van der Waals surface area contributed by atoms with Gasteiger partial charge in [-0.1, -0.05) is 19.6 Å². The number of fused-ring (bicyclic) bond motifs is 2. The Labute approximate surface area is 195 Å². The van der Waals surface area contributed by atoms with Crippen molar-refractivity contribution in [2.24, 2.45) is 0 Å². The highest BCUT2D eigenvalue weighted by atomic mass is 28.3. The lowest BCUT2D eigenvalue weighted by atomic mass is 10.1. The molecule has 33 heavy (non-hydrogen) atoms. The summed E-state index contributed by atoms with van der Waals surface area (Å²) in [5, 5.41) is 5.50. The molecule has 1 amide bonds. The molecule has 0 unspecified atom stereocenters. The van der Waals surface area contributed by atoms with Crippen molar-refractivity contribution in [3.8, 4) is 5.82 Å². The van der Waals surface area contributed by atoms with E-state index in [9.17, 15) is 4.79 Å². The van der Waals surface area contributed by atoms with Gasteiger partial charge in [0.15, 0.2) is 5.82 Å². The molecule has 3 aromatic heterocycles. The Morgan fingerprint density at radius 1 is 1.21 bits per heavy atom. The van der Waals surface area contributed by atoms with Crippen LogP contribution < -0.4 is 0 Å². The zero-order valence-electron chi connectivity index (χ0n) is 20.5. The van der Waals surface area contributed by atoms with Gasteiger partial charge in [-0.3, -0.25) is 0 Å². The Bertz CT molecular complexity index is 1140. The number of hydrogen-bond donors (Lipinski definition) is 0. The minimum absolute atomic E-state index is 0.310. The molecule has 0 spiro atoms. The number of aromatic nitrogens is 5. The van der Waals surface area contributed by atoms with E-state index in [1.165, 1.54) is 0 Å². The van der Waals surface area contributed by atoms with Crippen LogP contribution in [-0.2, 0) is 29.2 Å². The first kappa shape index (κ1) is 23.4. The van der Waals surface area contributed by atoms with Crippen molar-refractivity contribution in [2.75, 3.05) is 13.2 Å². The molecule has 0 fully saturated rings. The van der Waals surface area contributed by atoms with Crippen LogP contribution >= 0.6 is 0 Å². The van der Waals surface area contributed by atoms with Crippen molar-refractivity contribution in [3.63, 3.8) is 0 Å². The molecular formula is C23H34N6O3Si. The van der Waals surface area contributed by atoms with Gasteiger partial charge in [0.2, 0.25) is 0 Å². The van der Waals surface area contributed by atoms with Crippen molar-refractivity contribution in [1.29, 1.82) is 0 Å². The standard InChI is InChI=1S/C23H34N6O3Si/c1-23(2,3)32-22(30)27-9-7-17-13-26-29(19(17)14-27)21-18-8-10-28(20(18)24-15-25-21)16-31-11-12-33(4,5)6/h8,10,13,15H,7,9,11-12,14,16H2,1-6H3. The average Bonchev–Trinajstić information content (AvgIpc) is 3.33. The van der Waals surface area contributed by atoms with Gasteiger partial charge in [-0.25, -0.2) is 19.4 Å². The molecule has 4 rings (SSSR count). The zero-order chi connectivity index (χ0) is 23.8. The number of carbonyl (C=O) groups excluding carboxylic acids is 1. The summed E-state index contributed by atoms with van der Waals surface area (Å²) in [7, 11) is -1.13. The molecule has 0 radical (unpaired) electrons. The van der Waals surface area contributed by atoms with E-state index in [1.807, 2.05) is 48.5 Å². The Kier molecular flexibility index (Phi) is 6.32. The van der Waals surface area contributed by atoms with Crippen molar-refractivity contribution in [2.45, 2.75) is 71.8 Å². The molecule has 0 aliphatic carbocycles. The van der Waals surface area contributed by atoms with Gasteiger partial charge in [0.1, 0.15) is 24.3 Å². The minimum atomic E-state index is -1.13. The maximum atomic E-state index is 12.6. The molecule has 0 bridgehead atoms. The van der Waals surface area contributed by atoms with Crippen molar-refractivity contribution >= 4 is 25.2 Å². The van der Waals surface area contributed by atoms with Crippen molar-refractivity contribution < 1.29 is 14.3 Å². The number of carbonyl (C=O) groups is 1. The molecule has 9 nitrogen and oxygen atoms in total. The SMILES string of the molecule is CC(C)(C)OC(=O)N1CCc2cnn(-c3ncnc4c3ccn4COCC[Si](C)(C)C)c2C1. The van der Waals surface area contributed by atoms with E-state index >= 15 is 0 Å². The molecule has 178 valence electrons. The van der Waals surface area contributed by atoms with Gasteiger partial charge in [-0.05, 0) is 44.9 Å². The summed E-state index contributed by atoms with van der Waals surface area (Å²) < 4.78 is 15.3. The van der Waals surface area contributed by atoms with E-state index in [-0.39, 0.29) is 6.09 Å². The second-order valence-electron chi connectivity index (χ2n) is 10.7. The lowest BCUT2D eigenvalue weighted by molar-refractivity contribution is 0.0220. The summed E-state index contributed by atoms with van der Waals surface area (Å²) in [5.41, 5.74) is 2.34. The quantitative estimate of drug-likeness (QED) is 0.396. The summed E-state index contributed by atoms with van der Waals surface area (Å²) in [6, 6.07) is 3.12. The predicted molar refractivity (Wildman–Crippen MR) is 129 cm³/mol. The first-order valence-corrected chi connectivity index (χ1v) is 15.1. The molecule has 10 heteroatoms. The van der Waals surface area contributed by atoms with Gasteiger partial charge in [0.05, 0.1) is 23.8 Å². The van der Waals surface area contributed by atoms with Crippen LogP contribution in [0.5, 0.6) is 0 Å². The number of rotatable bonds is 6. The molecular weight excluding hydrogens is 436 g/mol. The first-order chi connectivity index (χ1) is 15.5. The second kappa shape index (κ2) is 8.90. The third-order valence-electron chi connectivity index (χ3n) is 5.56. The van der Waals surface area contributed by atoms with Crippen LogP contribution in [0.4, 0.5) is 4.79 Å². The van der Waals surface area contributed by atoms with Crippen LogP contribution in [-0.4, -0.2) is 62.1 Å². The molecule has 3 aromatic rings. The summed E-state index contributed by atoms with van der Waals surface area (Å²) in [5.74, 6) is 0.702.